The highest BCUT2D eigenvalue weighted by Crippen LogP contribution is 2.42. The smallest absolute Gasteiger partial charge is 0.295 e. The Hall–Kier alpha value is -5.11. The first-order valence-electron chi connectivity index (χ1n) is 13.1. The van der Waals surface area contributed by atoms with Gasteiger partial charge >= 0.3 is 0 Å². The van der Waals surface area contributed by atoms with E-state index in [1.807, 2.05) is 31.2 Å². The van der Waals surface area contributed by atoms with Crippen LogP contribution in [-0.2, 0) is 22.7 Å². The van der Waals surface area contributed by atoms with E-state index < -0.39 is 17.7 Å². The molecule has 1 aromatic heterocycles. The normalized spacial score (nSPS) is 16.1. The van der Waals surface area contributed by atoms with Crippen LogP contribution in [0.4, 0.5) is 0 Å². The second-order valence-corrected chi connectivity index (χ2v) is 9.64. The molecule has 1 saturated heterocycles. The molecular weight excluding hydrogens is 520 g/mol. The van der Waals surface area contributed by atoms with Crippen molar-refractivity contribution < 1.29 is 28.9 Å². The number of aliphatic hydroxyl groups is 1. The molecule has 0 aliphatic carbocycles. The van der Waals surface area contributed by atoms with Crippen LogP contribution < -0.4 is 14.2 Å². The van der Waals surface area contributed by atoms with Crippen LogP contribution in [0.5, 0.6) is 17.2 Å². The molecule has 8 nitrogen and oxygen atoms in total. The number of carbonyl (C=O) groups is 2. The summed E-state index contributed by atoms with van der Waals surface area (Å²) in [5, 5.41) is 11.5. The molecule has 0 bridgehead atoms. The number of ketones is 1. The fourth-order valence-electron chi connectivity index (χ4n) is 4.90. The summed E-state index contributed by atoms with van der Waals surface area (Å²) in [4.78, 5) is 32.3. The van der Waals surface area contributed by atoms with Crippen LogP contribution in [0.15, 0.2) is 96.8 Å². The van der Waals surface area contributed by atoms with Gasteiger partial charge in [-0.15, -0.1) is 0 Å². The van der Waals surface area contributed by atoms with Gasteiger partial charge in [0, 0.05) is 24.5 Å². The molecule has 1 N–H and O–H groups in total. The minimum Gasteiger partial charge on any atom is -0.507 e. The molecule has 0 unspecified atom stereocenters. The van der Waals surface area contributed by atoms with Crippen LogP contribution in [0, 0.1) is 6.92 Å². The van der Waals surface area contributed by atoms with Crippen molar-refractivity contribution in [3.05, 3.63) is 125 Å². The summed E-state index contributed by atoms with van der Waals surface area (Å²) in [6.07, 6.45) is 3.25. The van der Waals surface area contributed by atoms with Crippen LogP contribution >= 0.6 is 0 Å². The summed E-state index contributed by atoms with van der Waals surface area (Å²) in [6, 6.07) is 22.7. The third kappa shape index (κ3) is 5.63. The predicted molar refractivity (Wildman–Crippen MR) is 154 cm³/mol. The number of rotatable bonds is 9. The summed E-state index contributed by atoms with van der Waals surface area (Å²) >= 11 is 0. The number of Topliss-reactive ketones (excluding diaryl/α,β-unsaturated/α-hetero) is 1. The average Bonchev–Trinajstić information content (AvgIpc) is 3.25. The van der Waals surface area contributed by atoms with Crippen molar-refractivity contribution in [3.8, 4) is 17.2 Å². The number of nitrogens with zero attached hydrogens (tertiary/aromatic N) is 2. The van der Waals surface area contributed by atoms with Crippen molar-refractivity contribution in [1.29, 1.82) is 0 Å². The molecular formula is C33H30N2O6. The first-order valence-corrected chi connectivity index (χ1v) is 13.1. The van der Waals surface area contributed by atoms with Crippen LogP contribution in [-0.4, -0.2) is 40.9 Å². The van der Waals surface area contributed by atoms with Crippen LogP contribution in [0.3, 0.4) is 0 Å². The molecule has 8 heteroatoms. The molecule has 208 valence electrons. The van der Waals surface area contributed by atoms with E-state index in [9.17, 15) is 14.7 Å². The lowest BCUT2D eigenvalue weighted by atomic mass is 9.94. The zero-order valence-electron chi connectivity index (χ0n) is 23.0. The van der Waals surface area contributed by atoms with Crippen LogP contribution in [0.25, 0.3) is 5.76 Å². The Bertz CT molecular complexity index is 1600. The van der Waals surface area contributed by atoms with E-state index in [-0.39, 0.29) is 17.9 Å². The molecule has 0 spiro atoms. The maximum atomic E-state index is 13.4. The lowest BCUT2D eigenvalue weighted by Gasteiger charge is -2.26. The number of aromatic nitrogens is 1. The van der Waals surface area contributed by atoms with E-state index in [0.717, 1.165) is 16.7 Å². The molecule has 5 rings (SSSR count). The number of benzene rings is 3. The number of carbonyl (C=O) groups excluding carboxylic acids is 2. The first-order chi connectivity index (χ1) is 19.9. The summed E-state index contributed by atoms with van der Waals surface area (Å²) in [6.45, 7) is 2.57. The van der Waals surface area contributed by atoms with Crippen molar-refractivity contribution in [2.24, 2.45) is 0 Å². The van der Waals surface area contributed by atoms with Gasteiger partial charge in [-0.25, -0.2) is 0 Å². The molecule has 1 fully saturated rings. The monoisotopic (exact) mass is 550 g/mol. The second kappa shape index (κ2) is 12.0. The quantitative estimate of drug-likeness (QED) is 0.164. The molecule has 1 atom stereocenters. The van der Waals surface area contributed by atoms with Gasteiger partial charge in [0.25, 0.3) is 11.7 Å². The fraction of sp³-hybridized carbons (Fsp3) is 0.182. The zero-order valence-corrected chi connectivity index (χ0v) is 23.0. The van der Waals surface area contributed by atoms with Gasteiger partial charge in [0.15, 0.2) is 11.5 Å². The summed E-state index contributed by atoms with van der Waals surface area (Å²) in [5.74, 6) is -0.193. The van der Waals surface area contributed by atoms with Gasteiger partial charge in [0.2, 0.25) is 0 Å². The Kier molecular flexibility index (Phi) is 8.01. The molecule has 4 aromatic rings. The fourth-order valence-corrected chi connectivity index (χ4v) is 4.90. The van der Waals surface area contributed by atoms with E-state index >= 15 is 0 Å². The number of hydrogen-bond donors (Lipinski definition) is 1. The van der Waals surface area contributed by atoms with Gasteiger partial charge in [0.1, 0.15) is 18.1 Å². The second-order valence-electron chi connectivity index (χ2n) is 9.64. The minimum atomic E-state index is -0.861. The van der Waals surface area contributed by atoms with E-state index in [4.69, 9.17) is 14.2 Å². The standard InChI is InChI=1S/C33H30N2O6/c1-21-6-4-5-7-25(21)20-41-26-11-8-23(9-12-26)31(36)29-30(24-10-13-27(39-2)28(18-24)40-3)35(33(38)32(29)37)19-22-14-16-34-17-15-22/h4-18,30,36H,19-20H2,1-3H3/t30-/m0/s1. The van der Waals surface area contributed by atoms with Gasteiger partial charge in [-0.1, -0.05) is 30.3 Å². The number of ether oxygens (including phenoxy) is 3. The summed E-state index contributed by atoms with van der Waals surface area (Å²) in [7, 11) is 3.04. The van der Waals surface area contributed by atoms with Gasteiger partial charge < -0.3 is 24.2 Å². The van der Waals surface area contributed by atoms with Gasteiger partial charge in [-0.05, 0) is 77.7 Å². The van der Waals surface area contributed by atoms with Crippen molar-refractivity contribution in [1.82, 2.24) is 9.88 Å². The number of aliphatic hydroxyl groups excluding tert-OH is 1. The van der Waals surface area contributed by atoms with E-state index in [1.165, 1.54) is 19.1 Å². The Labute approximate surface area is 238 Å². The number of pyridine rings is 1. The molecule has 0 saturated carbocycles. The highest BCUT2D eigenvalue weighted by Gasteiger charge is 2.46. The molecule has 1 aliphatic heterocycles. The lowest BCUT2D eigenvalue weighted by Crippen LogP contribution is -2.29. The SMILES string of the molecule is COc1ccc([C@H]2C(=C(O)c3ccc(OCc4ccccc4C)cc3)C(=O)C(=O)N2Cc2ccncc2)cc1OC. The molecule has 2 heterocycles. The molecule has 0 radical (unpaired) electrons. The van der Waals surface area contributed by atoms with Crippen molar-refractivity contribution in [3.63, 3.8) is 0 Å². The van der Waals surface area contributed by atoms with E-state index in [2.05, 4.69) is 4.98 Å². The van der Waals surface area contributed by atoms with Crippen molar-refractivity contribution in [2.75, 3.05) is 14.2 Å². The predicted octanol–water partition coefficient (Wildman–Crippen LogP) is 5.61. The average molecular weight is 551 g/mol. The van der Waals surface area contributed by atoms with Gasteiger partial charge in [-0.3, -0.25) is 14.6 Å². The third-order valence-electron chi connectivity index (χ3n) is 7.15. The first kappa shape index (κ1) is 27.5. The van der Waals surface area contributed by atoms with E-state index in [1.54, 1.807) is 67.0 Å². The van der Waals surface area contributed by atoms with Crippen molar-refractivity contribution >= 4 is 17.4 Å². The summed E-state index contributed by atoms with van der Waals surface area (Å²) in [5.41, 5.74) is 3.97. The third-order valence-corrected chi connectivity index (χ3v) is 7.15. The number of likely N-dealkylation sites (tertiary alicyclic amines) is 1. The maximum absolute atomic E-state index is 13.4. The molecule has 1 aliphatic rings. The highest BCUT2D eigenvalue weighted by molar-refractivity contribution is 6.46. The number of methoxy groups -OCH3 is 2. The number of amides is 1. The van der Waals surface area contributed by atoms with Gasteiger partial charge in [-0.2, -0.15) is 0 Å². The van der Waals surface area contributed by atoms with E-state index in [0.29, 0.717) is 35.0 Å². The Morgan fingerprint density at radius 1 is 0.902 bits per heavy atom. The van der Waals surface area contributed by atoms with Crippen LogP contribution in [0.1, 0.15) is 33.9 Å². The van der Waals surface area contributed by atoms with Gasteiger partial charge in [0.05, 0.1) is 25.8 Å². The number of aryl methyl sites for hydroxylation is 1. The summed E-state index contributed by atoms with van der Waals surface area (Å²) < 4.78 is 16.8. The number of hydrogen-bond acceptors (Lipinski definition) is 7. The van der Waals surface area contributed by atoms with Crippen molar-refractivity contribution in [2.45, 2.75) is 26.1 Å². The Balaban J connectivity index is 1.51. The topological polar surface area (TPSA) is 98.2 Å². The Morgan fingerprint density at radius 3 is 2.29 bits per heavy atom. The lowest BCUT2D eigenvalue weighted by molar-refractivity contribution is -0.140. The molecule has 41 heavy (non-hydrogen) atoms. The molecule has 3 aromatic carbocycles. The Morgan fingerprint density at radius 2 is 1.61 bits per heavy atom. The minimum absolute atomic E-state index is 0.00939. The van der Waals surface area contributed by atoms with Crippen LogP contribution in [0.2, 0.25) is 0 Å². The zero-order chi connectivity index (χ0) is 28.9. The maximum Gasteiger partial charge on any atom is 0.295 e. The highest BCUT2D eigenvalue weighted by atomic mass is 16.5. The largest absolute Gasteiger partial charge is 0.507 e. The molecule has 1 amide bonds.